The SMILES string of the molecule is COC(=O)/C(C(=O)C(=O)Cl)=C(/O)c1cc(OC)c(OC)cc1OC. The topological polar surface area (TPSA) is 108 Å². The number of Topliss-reactive ketones (excluding diaryl/α,β-unsaturated/α-hetero) is 1. The fourth-order valence-corrected chi connectivity index (χ4v) is 1.94. The average Bonchev–Trinajstić information content (AvgIpc) is 2.59. The summed E-state index contributed by atoms with van der Waals surface area (Å²) in [7, 11) is 5.02. The molecule has 0 saturated heterocycles. The molecular weight excluding hydrogens is 344 g/mol. The van der Waals surface area contributed by atoms with Gasteiger partial charge < -0.3 is 24.1 Å². The predicted octanol–water partition coefficient (Wildman–Crippen LogP) is 1.49. The first-order valence-electron chi connectivity index (χ1n) is 6.38. The first kappa shape index (κ1) is 19.3. The first-order chi connectivity index (χ1) is 11.3. The number of methoxy groups -OCH3 is 4. The molecule has 130 valence electrons. The summed E-state index contributed by atoms with van der Waals surface area (Å²) in [6.07, 6.45) is 0. The number of aliphatic hydroxyl groups excluding tert-OH is 1. The number of aliphatic hydroxyl groups is 1. The second-order valence-electron chi connectivity index (χ2n) is 4.23. The second-order valence-corrected chi connectivity index (χ2v) is 4.57. The van der Waals surface area contributed by atoms with Gasteiger partial charge in [0.05, 0.1) is 34.0 Å². The zero-order chi connectivity index (χ0) is 18.4. The van der Waals surface area contributed by atoms with Crippen LogP contribution >= 0.6 is 11.6 Å². The molecule has 0 fully saturated rings. The molecule has 1 rings (SSSR count). The third-order valence-corrected chi connectivity index (χ3v) is 3.16. The number of hydrogen-bond acceptors (Lipinski definition) is 8. The number of halogens is 1. The van der Waals surface area contributed by atoms with Crippen LogP contribution in [0.25, 0.3) is 5.76 Å². The van der Waals surface area contributed by atoms with Gasteiger partial charge in [0.15, 0.2) is 17.1 Å². The normalized spacial score (nSPS) is 11.2. The number of benzene rings is 1. The predicted molar refractivity (Wildman–Crippen MR) is 83.5 cm³/mol. The summed E-state index contributed by atoms with van der Waals surface area (Å²) >= 11 is 5.12. The number of rotatable bonds is 7. The van der Waals surface area contributed by atoms with Gasteiger partial charge in [0.25, 0.3) is 11.0 Å². The summed E-state index contributed by atoms with van der Waals surface area (Å²) in [6, 6.07) is 2.63. The van der Waals surface area contributed by atoms with E-state index in [1.807, 2.05) is 0 Å². The maximum atomic E-state index is 11.8. The fourth-order valence-electron chi connectivity index (χ4n) is 1.85. The van der Waals surface area contributed by atoms with Crippen LogP contribution in [-0.2, 0) is 19.1 Å². The van der Waals surface area contributed by atoms with E-state index in [1.165, 1.54) is 33.5 Å². The Morgan fingerprint density at radius 3 is 1.83 bits per heavy atom. The third kappa shape index (κ3) is 3.77. The maximum absolute atomic E-state index is 11.8. The van der Waals surface area contributed by atoms with E-state index in [0.29, 0.717) is 0 Å². The van der Waals surface area contributed by atoms with Crippen molar-refractivity contribution in [3.63, 3.8) is 0 Å². The van der Waals surface area contributed by atoms with Crippen LogP contribution in [0, 0.1) is 0 Å². The highest BCUT2D eigenvalue weighted by Crippen LogP contribution is 2.38. The van der Waals surface area contributed by atoms with Gasteiger partial charge in [-0.05, 0) is 17.7 Å². The largest absolute Gasteiger partial charge is 0.506 e. The van der Waals surface area contributed by atoms with Crippen molar-refractivity contribution in [3.05, 3.63) is 23.3 Å². The summed E-state index contributed by atoms with van der Waals surface area (Å²) in [5.41, 5.74) is -1.02. The number of esters is 1. The van der Waals surface area contributed by atoms with Crippen LogP contribution in [0.2, 0.25) is 0 Å². The van der Waals surface area contributed by atoms with Gasteiger partial charge in [-0.1, -0.05) is 0 Å². The lowest BCUT2D eigenvalue weighted by atomic mass is 10.0. The molecule has 24 heavy (non-hydrogen) atoms. The molecule has 0 atom stereocenters. The van der Waals surface area contributed by atoms with E-state index in [1.54, 1.807) is 0 Å². The van der Waals surface area contributed by atoms with Crippen LogP contribution in [0.4, 0.5) is 0 Å². The zero-order valence-electron chi connectivity index (χ0n) is 13.3. The van der Waals surface area contributed by atoms with E-state index in [9.17, 15) is 19.5 Å². The molecule has 0 aliphatic heterocycles. The van der Waals surface area contributed by atoms with Crippen molar-refractivity contribution >= 4 is 34.4 Å². The molecule has 0 saturated carbocycles. The van der Waals surface area contributed by atoms with Crippen molar-refractivity contribution in [2.75, 3.05) is 28.4 Å². The van der Waals surface area contributed by atoms with E-state index < -0.39 is 28.3 Å². The fraction of sp³-hybridized carbons (Fsp3) is 0.267. The highest BCUT2D eigenvalue weighted by atomic mass is 35.5. The van der Waals surface area contributed by atoms with Gasteiger partial charge in [-0.3, -0.25) is 9.59 Å². The van der Waals surface area contributed by atoms with E-state index >= 15 is 0 Å². The minimum atomic E-state index is -1.46. The molecule has 0 spiro atoms. The van der Waals surface area contributed by atoms with E-state index in [0.717, 1.165) is 7.11 Å². The Kier molecular flexibility index (Phi) is 6.60. The van der Waals surface area contributed by atoms with Crippen LogP contribution in [-0.4, -0.2) is 50.5 Å². The molecule has 0 heterocycles. The molecule has 0 aliphatic carbocycles. The van der Waals surface area contributed by atoms with Crippen molar-refractivity contribution in [2.45, 2.75) is 0 Å². The molecule has 0 bridgehead atoms. The standard InChI is InChI=1S/C15H15ClO8/c1-21-8-6-10(23-3)9(22-2)5-7(8)12(17)11(15(20)24-4)13(18)14(16)19/h5-6,17H,1-4H3/b12-11+. The summed E-state index contributed by atoms with van der Waals surface area (Å²) in [6.45, 7) is 0. The van der Waals surface area contributed by atoms with Crippen molar-refractivity contribution in [1.29, 1.82) is 0 Å². The molecule has 0 aliphatic rings. The van der Waals surface area contributed by atoms with Gasteiger partial charge in [0.1, 0.15) is 11.5 Å². The Labute approximate surface area is 142 Å². The molecule has 9 heteroatoms. The maximum Gasteiger partial charge on any atom is 0.345 e. The molecule has 1 aromatic rings. The van der Waals surface area contributed by atoms with Gasteiger partial charge in [0, 0.05) is 6.07 Å². The zero-order valence-corrected chi connectivity index (χ0v) is 14.1. The van der Waals surface area contributed by atoms with Crippen LogP contribution < -0.4 is 14.2 Å². The number of hydrogen-bond donors (Lipinski definition) is 1. The van der Waals surface area contributed by atoms with Crippen LogP contribution in [0.5, 0.6) is 17.2 Å². The van der Waals surface area contributed by atoms with Crippen molar-refractivity contribution in [1.82, 2.24) is 0 Å². The van der Waals surface area contributed by atoms with E-state index in [-0.39, 0.29) is 22.8 Å². The Bertz CT molecular complexity index is 708. The highest BCUT2D eigenvalue weighted by Gasteiger charge is 2.31. The summed E-state index contributed by atoms with van der Waals surface area (Å²) in [5.74, 6) is -2.97. The molecule has 0 aromatic heterocycles. The lowest BCUT2D eigenvalue weighted by Gasteiger charge is -2.15. The number of ketones is 1. The van der Waals surface area contributed by atoms with Gasteiger partial charge >= 0.3 is 5.97 Å². The summed E-state index contributed by atoms with van der Waals surface area (Å²) < 4.78 is 19.7. The van der Waals surface area contributed by atoms with Crippen LogP contribution in [0.1, 0.15) is 5.56 Å². The smallest absolute Gasteiger partial charge is 0.345 e. The Morgan fingerprint density at radius 1 is 0.917 bits per heavy atom. The highest BCUT2D eigenvalue weighted by molar-refractivity contribution is 6.84. The molecule has 0 unspecified atom stereocenters. The van der Waals surface area contributed by atoms with Gasteiger partial charge in [-0.2, -0.15) is 0 Å². The first-order valence-corrected chi connectivity index (χ1v) is 6.76. The molecular formula is C15H15ClO8. The summed E-state index contributed by atoms with van der Waals surface area (Å²) in [4.78, 5) is 34.7. The van der Waals surface area contributed by atoms with Crippen molar-refractivity contribution in [3.8, 4) is 17.2 Å². The van der Waals surface area contributed by atoms with Gasteiger partial charge in [-0.15, -0.1) is 0 Å². The van der Waals surface area contributed by atoms with Crippen LogP contribution in [0.15, 0.2) is 17.7 Å². The lowest BCUT2D eigenvalue weighted by molar-refractivity contribution is -0.139. The van der Waals surface area contributed by atoms with Crippen LogP contribution in [0.3, 0.4) is 0 Å². The van der Waals surface area contributed by atoms with Crippen molar-refractivity contribution < 1.29 is 38.4 Å². The minimum Gasteiger partial charge on any atom is -0.506 e. The molecule has 0 amide bonds. The number of carbonyl (C=O) groups excluding carboxylic acids is 3. The second kappa shape index (κ2) is 8.21. The lowest BCUT2D eigenvalue weighted by Crippen LogP contribution is -2.21. The monoisotopic (exact) mass is 358 g/mol. The molecule has 0 radical (unpaired) electrons. The van der Waals surface area contributed by atoms with Gasteiger partial charge in [0.2, 0.25) is 0 Å². The van der Waals surface area contributed by atoms with E-state index in [4.69, 9.17) is 25.8 Å². The minimum absolute atomic E-state index is 0.0568. The number of carbonyl (C=O) groups is 3. The molecule has 8 nitrogen and oxygen atoms in total. The number of ether oxygens (including phenoxy) is 4. The Morgan fingerprint density at radius 2 is 1.42 bits per heavy atom. The Balaban J connectivity index is 3.73. The molecule has 1 aromatic carbocycles. The average molecular weight is 359 g/mol. The quantitative estimate of drug-likeness (QED) is 0.148. The van der Waals surface area contributed by atoms with Crippen molar-refractivity contribution in [2.24, 2.45) is 0 Å². The third-order valence-electron chi connectivity index (χ3n) is 2.99. The molecule has 1 N–H and O–H groups in total. The Hall–Kier alpha value is -2.74. The summed E-state index contributed by atoms with van der Waals surface area (Å²) in [5, 5.41) is 8.91. The van der Waals surface area contributed by atoms with Gasteiger partial charge in [-0.25, -0.2) is 4.79 Å². The van der Waals surface area contributed by atoms with E-state index in [2.05, 4.69) is 4.74 Å².